The molecule has 0 saturated heterocycles. The lowest BCUT2D eigenvalue weighted by Crippen LogP contribution is -2.12. The van der Waals surface area contributed by atoms with Crippen LogP contribution in [0.15, 0.2) is 42.5 Å². The van der Waals surface area contributed by atoms with E-state index in [1.165, 1.54) is 39.9 Å². The Morgan fingerprint density at radius 2 is 1.83 bits per heavy atom. The fourth-order valence-corrected chi connectivity index (χ4v) is 3.07. The van der Waals surface area contributed by atoms with E-state index in [1.807, 2.05) is 0 Å². The molecule has 1 N–H and O–H groups in total. The van der Waals surface area contributed by atoms with Crippen LogP contribution < -0.4 is 5.32 Å². The predicted molar refractivity (Wildman–Crippen MR) is 95.7 cm³/mol. The lowest BCUT2D eigenvalue weighted by molar-refractivity contribution is -0.116. The van der Waals surface area contributed by atoms with Gasteiger partial charge in [0.15, 0.2) is 0 Å². The number of nitrogens with one attached hydrogen (secondary N) is 1. The summed E-state index contributed by atoms with van der Waals surface area (Å²) >= 11 is 0. The zero-order chi connectivity index (χ0) is 17.3. The van der Waals surface area contributed by atoms with Gasteiger partial charge in [0.2, 0.25) is 5.91 Å². The van der Waals surface area contributed by atoms with Crippen molar-refractivity contribution in [2.45, 2.75) is 26.7 Å². The van der Waals surface area contributed by atoms with Crippen LogP contribution in [0.4, 0.5) is 10.1 Å². The summed E-state index contributed by atoms with van der Waals surface area (Å²) in [5, 5.41) is 4.03. The number of aryl methyl sites for hydroxylation is 3. The van der Waals surface area contributed by atoms with Crippen molar-refractivity contribution in [1.82, 2.24) is 4.57 Å². The molecule has 3 nitrogen and oxygen atoms in total. The Morgan fingerprint density at radius 1 is 1.12 bits per heavy atom. The van der Waals surface area contributed by atoms with Crippen molar-refractivity contribution in [3.63, 3.8) is 0 Å². The molecule has 4 heteroatoms. The van der Waals surface area contributed by atoms with E-state index in [-0.39, 0.29) is 11.7 Å². The van der Waals surface area contributed by atoms with E-state index in [4.69, 9.17) is 0 Å². The normalized spacial score (nSPS) is 11.0. The first-order valence-corrected chi connectivity index (χ1v) is 8.05. The van der Waals surface area contributed by atoms with Crippen LogP contribution in [0.5, 0.6) is 0 Å². The van der Waals surface area contributed by atoms with Crippen LogP contribution in [0.1, 0.15) is 23.2 Å². The van der Waals surface area contributed by atoms with Crippen LogP contribution in [-0.2, 0) is 18.3 Å². The zero-order valence-electron chi connectivity index (χ0n) is 14.2. The van der Waals surface area contributed by atoms with E-state index in [2.05, 4.69) is 49.0 Å². The molecule has 1 amide bonds. The van der Waals surface area contributed by atoms with Crippen molar-refractivity contribution in [2.24, 2.45) is 7.05 Å². The van der Waals surface area contributed by atoms with Crippen LogP contribution in [0.3, 0.4) is 0 Å². The molecule has 0 aliphatic heterocycles. The molecule has 2 aromatic carbocycles. The Morgan fingerprint density at radius 3 is 2.54 bits per heavy atom. The number of rotatable bonds is 4. The maximum atomic E-state index is 12.9. The number of anilines is 1. The summed E-state index contributed by atoms with van der Waals surface area (Å²) in [6, 6.07) is 12.2. The summed E-state index contributed by atoms with van der Waals surface area (Å²) in [5.41, 5.74) is 5.42. The molecule has 124 valence electrons. The third-order valence-corrected chi connectivity index (χ3v) is 4.51. The number of carbonyl (C=O) groups is 1. The molecule has 3 rings (SSSR count). The molecule has 0 bridgehead atoms. The molecular formula is C20H21FN2O. The van der Waals surface area contributed by atoms with Crippen LogP contribution in [0, 0.1) is 19.7 Å². The van der Waals surface area contributed by atoms with Crippen LogP contribution >= 0.6 is 0 Å². The van der Waals surface area contributed by atoms with Crippen molar-refractivity contribution in [3.8, 4) is 0 Å². The van der Waals surface area contributed by atoms with Crippen molar-refractivity contribution >= 4 is 22.5 Å². The highest BCUT2D eigenvalue weighted by molar-refractivity contribution is 5.92. The van der Waals surface area contributed by atoms with Gasteiger partial charge in [-0.2, -0.15) is 0 Å². The lowest BCUT2D eigenvalue weighted by atomic mass is 10.0. The average molecular weight is 324 g/mol. The fourth-order valence-electron chi connectivity index (χ4n) is 3.07. The quantitative estimate of drug-likeness (QED) is 0.753. The number of hydrogen-bond acceptors (Lipinski definition) is 1. The molecule has 0 atom stereocenters. The standard InChI is InChI=1S/C20H21FN2O/c1-13-4-10-19-18(12-13)17(14(2)23(19)3)9-11-20(24)22-16-7-5-15(21)6-8-16/h4-8,10,12H,9,11H2,1-3H3,(H,22,24). The second kappa shape index (κ2) is 6.48. The number of benzene rings is 2. The predicted octanol–water partition coefficient (Wildman–Crippen LogP) is 4.51. The minimum Gasteiger partial charge on any atom is -0.348 e. The second-order valence-corrected chi connectivity index (χ2v) is 6.20. The number of carbonyl (C=O) groups excluding carboxylic acids is 1. The molecular weight excluding hydrogens is 303 g/mol. The minimum atomic E-state index is -0.310. The van der Waals surface area contributed by atoms with E-state index in [1.54, 1.807) is 12.1 Å². The third-order valence-electron chi connectivity index (χ3n) is 4.51. The average Bonchev–Trinajstić information content (AvgIpc) is 2.78. The number of amides is 1. The Bertz CT molecular complexity index is 894. The lowest BCUT2D eigenvalue weighted by Gasteiger charge is -2.06. The monoisotopic (exact) mass is 324 g/mol. The molecule has 0 aliphatic rings. The zero-order valence-corrected chi connectivity index (χ0v) is 14.2. The first-order valence-electron chi connectivity index (χ1n) is 8.05. The van der Waals surface area contributed by atoms with E-state index in [0.29, 0.717) is 18.5 Å². The van der Waals surface area contributed by atoms with Gasteiger partial charge in [0.25, 0.3) is 0 Å². The minimum absolute atomic E-state index is 0.0642. The van der Waals surface area contributed by atoms with Gasteiger partial charge >= 0.3 is 0 Å². The maximum Gasteiger partial charge on any atom is 0.224 e. The van der Waals surface area contributed by atoms with Crippen molar-refractivity contribution in [3.05, 3.63) is 65.1 Å². The fraction of sp³-hybridized carbons (Fsp3) is 0.250. The van der Waals surface area contributed by atoms with Gasteiger partial charge in [0.1, 0.15) is 5.82 Å². The van der Waals surface area contributed by atoms with Gasteiger partial charge in [-0.1, -0.05) is 11.6 Å². The maximum absolute atomic E-state index is 12.9. The van der Waals surface area contributed by atoms with Crippen molar-refractivity contribution < 1.29 is 9.18 Å². The topological polar surface area (TPSA) is 34.0 Å². The molecule has 0 radical (unpaired) electrons. The second-order valence-electron chi connectivity index (χ2n) is 6.20. The number of nitrogens with zero attached hydrogens (tertiary/aromatic N) is 1. The molecule has 1 aromatic heterocycles. The summed E-state index contributed by atoms with van der Waals surface area (Å²) in [6.07, 6.45) is 1.07. The van der Waals surface area contributed by atoms with Gasteiger partial charge in [0.05, 0.1) is 0 Å². The van der Waals surface area contributed by atoms with Crippen LogP contribution in [0.2, 0.25) is 0 Å². The highest BCUT2D eigenvalue weighted by Crippen LogP contribution is 2.27. The van der Waals surface area contributed by atoms with E-state index < -0.39 is 0 Å². The number of aromatic nitrogens is 1. The largest absolute Gasteiger partial charge is 0.348 e. The smallest absolute Gasteiger partial charge is 0.224 e. The third kappa shape index (κ3) is 3.18. The summed E-state index contributed by atoms with van der Waals surface area (Å²) < 4.78 is 15.1. The first kappa shape index (κ1) is 16.2. The van der Waals surface area contributed by atoms with E-state index in [0.717, 1.165) is 0 Å². The SMILES string of the molecule is Cc1ccc2c(c1)c(CCC(=O)Nc1ccc(F)cc1)c(C)n2C. The number of fused-ring (bicyclic) bond motifs is 1. The molecule has 1 heterocycles. The molecule has 24 heavy (non-hydrogen) atoms. The van der Waals surface area contributed by atoms with Gasteiger partial charge in [-0.3, -0.25) is 4.79 Å². The molecule has 0 spiro atoms. The molecule has 0 fully saturated rings. The Labute approximate surface area is 141 Å². The Balaban J connectivity index is 1.75. The molecule has 0 saturated carbocycles. The molecule has 3 aromatic rings. The van der Waals surface area contributed by atoms with Gasteiger partial charge in [-0.15, -0.1) is 0 Å². The van der Waals surface area contributed by atoms with Crippen LogP contribution in [0.25, 0.3) is 10.9 Å². The molecule has 0 aliphatic carbocycles. The van der Waals surface area contributed by atoms with Gasteiger partial charge in [-0.05, 0) is 62.2 Å². The van der Waals surface area contributed by atoms with Gasteiger partial charge in [0, 0.05) is 35.8 Å². The molecule has 0 unspecified atom stereocenters. The van der Waals surface area contributed by atoms with Crippen molar-refractivity contribution in [1.29, 1.82) is 0 Å². The van der Waals surface area contributed by atoms with Gasteiger partial charge in [-0.25, -0.2) is 4.39 Å². The number of hydrogen-bond donors (Lipinski definition) is 1. The number of halogens is 1. The summed E-state index contributed by atoms with van der Waals surface area (Å²) in [5.74, 6) is -0.375. The Hall–Kier alpha value is -2.62. The highest BCUT2D eigenvalue weighted by Gasteiger charge is 2.13. The van der Waals surface area contributed by atoms with E-state index >= 15 is 0 Å². The summed E-state index contributed by atoms with van der Waals surface area (Å²) in [4.78, 5) is 12.2. The summed E-state index contributed by atoms with van der Waals surface area (Å²) in [6.45, 7) is 4.16. The highest BCUT2D eigenvalue weighted by atomic mass is 19.1. The first-order chi connectivity index (χ1) is 11.5. The van der Waals surface area contributed by atoms with Crippen molar-refractivity contribution in [2.75, 3.05) is 5.32 Å². The van der Waals surface area contributed by atoms with E-state index in [9.17, 15) is 9.18 Å². The van der Waals surface area contributed by atoms with Crippen LogP contribution in [-0.4, -0.2) is 10.5 Å². The summed E-state index contributed by atoms with van der Waals surface area (Å²) in [7, 11) is 2.05. The Kier molecular flexibility index (Phi) is 4.38. The van der Waals surface area contributed by atoms with Gasteiger partial charge < -0.3 is 9.88 Å².